The molecule has 0 radical (unpaired) electrons. The smallest absolute Gasteiger partial charge is 0.0465 e. The molecule has 2 aliphatic carbocycles. The quantitative estimate of drug-likeness (QED) is 0.134. The molecule has 0 saturated heterocycles. The molecule has 0 atom stereocenters. The zero-order valence-corrected chi connectivity index (χ0v) is 38.7. The Morgan fingerprint density at radius 3 is 1.02 bits per heavy atom. The van der Waals surface area contributed by atoms with E-state index in [1.165, 1.54) is 66.8 Å². The van der Waals surface area contributed by atoms with Gasteiger partial charge in [-0.05, 0) is 153 Å². The molecule has 66 heavy (non-hydrogen) atoms. The van der Waals surface area contributed by atoms with Gasteiger partial charge in [-0.2, -0.15) is 0 Å². The number of benzene rings is 9. The molecule has 0 heterocycles. The lowest BCUT2D eigenvalue weighted by Crippen LogP contribution is -2.16. The minimum absolute atomic E-state index is 0.0715. The van der Waals surface area contributed by atoms with Crippen molar-refractivity contribution in [3.8, 4) is 33.4 Å². The fourth-order valence-corrected chi connectivity index (χ4v) is 10.5. The van der Waals surface area contributed by atoms with Gasteiger partial charge in [0.05, 0.1) is 0 Å². The molecule has 0 bridgehead atoms. The summed E-state index contributed by atoms with van der Waals surface area (Å²) in [6.45, 7) is 13.7. The number of hydrogen-bond acceptors (Lipinski definition) is 2. The highest BCUT2D eigenvalue weighted by Crippen LogP contribution is 2.52. The Labute approximate surface area is 390 Å². The van der Waals surface area contributed by atoms with E-state index in [-0.39, 0.29) is 10.8 Å². The molecule has 11 rings (SSSR count). The van der Waals surface area contributed by atoms with Gasteiger partial charge in [0, 0.05) is 45.0 Å². The first kappa shape index (κ1) is 41.1. The molecule has 0 aromatic heterocycles. The monoisotopic (exact) mass is 850 g/mol. The first-order chi connectivity index (χ1) is 32.0. The van der Waals surface area contributed by atoms with Crippen LogP contribution >= 0.6 is 0 Å². The van der Waals surface area contributed by atoms with Crippen molar-refractivity contribution in [1.29, 1.82) is 0 Å². The number of nitrogens with zero attached hydrogens (tertiary/aromatic N) is 2. The largest absolute Gasteiger partial charge is 0.310 e. The molecule has 0 N–H and O–H groups in total. The summed E-state index contributed by atoms with van der Waals surface area (Å²) in [5, 5.41) is 0. The van der Waals surface area contributed by atoms with E-state index in [1.807, 2.05) is 0 Å². The minimum atomic E-state index is -0.0732. The normalized spacial score (nSPS) is 13.8. The van der Waals surface area contributed by atoms with Gasteiger partial charge in [0.2, 0.25) is 0 Å². The van der Waals surface area contributed by atoms with Crippen molar-refractivity contribution in [2.24, 2.45) is 0 Å². The number of anilines is 6. The second-order valence-corrected chi connectivity index (χ2v) is 19.2. The maximum atomic E-state index is 2.40. The molecule has 0 aliphatic heterocycles. The molecule has 0 spiro atoms. The molecular weight excluding hydrogens is 797 g/mol. The second-order valence-electron chi connectivity index (χ2n) is 19.2. The minimum Gasteiger partial charge on any atom is -0.310 e. The molecule has 0 saturated carbocycles. The zero-order chi connectivity index (χ0) is 45.2. The van der Waals surface area contributed by atoms with Crippen molar-refractivity contribution in [3.63, 3.8) is 0 Å². The molecule has 0 unspecified atom stereocenters. The molecular formula is C64H54N2. The summed E-state index contributed by atoms with van der Waals surface area (Å²) in [5.41, 5.74) is 24.8. The number of fused-ring (bicyclic) bond motifs is 6. The van der Waals surface area contributed by atoms with Gasteiger partial charge in [0.15, 0.2) is 0 Å². The van der Waals surface area contributed by atoms with Crippen LogP contribution in [0.4, 0.5) is 34.1 Å². The molecule has 2 nitrogen and oxygen atoms in total. The van der Waals surface area contributed by atoms with Crippen molar-refractivity contribution in [2.45, 2.75) is 52.4 Å². The molecule has 320 valence electrons. The third-order valence-corrected chi connectivity index (χ3v) is 14.2. The summed E-state index contributed by atoms with van der Waals surface area (Å²) in [7, 11) is 0. The van der Waals surface area contributed by atoms with Crippen LogP contribution in [0.15, 0.2) is 206 Å². The first-order valence-electron chi connectivity index (χ1n) is 23.2. The Kier molecular flexibility index (Phi) is 10.0. The SMILES string of the molecule is Cc1ccc(N(c2ccc(C=Cc3ccc(-c4ccc(N(c5ccc(C)cc5)c5ccc6c(c5)C(C)(C)c5ccccc5-6)cc4)cc3)cc2)c2ccc3c(c2)C(C)(C)c2ccccc2-3)cc1. The highest BCUT2D eigenvalue weighted by molar-refractivity contribution is 5.88. The predicted molar refractivity (Wildman–Crippen MR) is 281 cm³/mol. The molecule has 9 aromatic rings. The summed E-state index contributed by atoms with van der Waals surface area (Å²) in [5.74, 6) is 0. The fourth-order valence-electron chi connectivity index (χ4n) is 10.5. The van der Waals surface area contributed by atoms with E-state index in [2.05, 4.69) is 270 Å². The Morgan fingerprint density at radius 1 is 0.303 bits per heavy atom. The van der Waals surface area contributed by atoms with Gasteiger partial charge in [-0.25, -0.2) is 0 Å². The highest BCUT2D eigenvalue weighted by Gasteiger charge is 2.37. The predicted octanol–water partition coefficient (Wildman–Crippen LogP) is 17.7. The van der Waals surface area contributed by atoms with Crippen LogP contribution in [0.3, 0.4) is 0 Å². The van der Waals surface area contributed by atoms with E-state index in [0.717, 1.165) is 45.3 Å². The van der Waals surface area contributed by atoms with E-state index in [1.54, 1.807) is 0 Å². The van der Waals surface area contributed by atoms with Crippen LogP contribution in [0, 0.1) is 13.8 Å². The van der Waals surface area contributed by atoms with Gasteiger partial charge < -0.3 is 9.80 Å². The molecule has 0 fully saturated rings. The van der Waals surface area contributed by atoms with Gasteiger partial charge >= 0.3 is 0 Å². The van der Waals surface area contributed by atoms with Gasteiger partial charge in [-0.15, -0.1) is 0 Å². The van der Waals surface area contributed by atoms with E-state index < -0.39 is 0 Å². The Balaban J connectivity index is 0.830. The number of rotatable bonds is 9. The summed E-state index contributed by atoms with van der Waals surface area (Å²) in [4.78, 5) is 4.76. The summed E-state index contributed by atoms with van der Waals surface area (Å²) in [6.07, 6.45) is 4.41. The fraction of sp³-hybridized carbons (Fsp3) is 0.125. The van der Waals surface area contributed by atoms with Crippen LogP contribution in [0.5, 0.6) is 0 Å². The lowest BCUT2D eigenvalue weighted by molar-refractivity contribution is 0.660. The second kappa shape index (κ2) is 16.1. The lowest BCUT2D eigenvalue weighted by atomic mass is 9.82. The van der Waals surface area contributed by atoms with Gasteiger partial charge in [-0.1, -0.05) is 184 Å². The summed E-state index contributed by atoms with van der Waals surface area (Å²) >= 11 is 0. The Morgan fingerprint density at radius 2 is 0.606 bits per heavy atom. The Hall–Kier alpha value is -7.68. The van der Waals surface area contributed by atoms with E-state index in [4.69, 9.17) is 0 Å². The van der Waals surface area contributed by atoms with E-state index >= 15 is 0 Å². The average Bonchev–Trinajstić information content (AvgIpc) is 3.72. The maximum absolute atomic E-state index is 2.40. The van der Waals surface area contributed by atoms with Crippen molar-refractivity contribution in [2.75, 3.05) is 9.80 Å². The van der Waals surface area contributed by atoms with Gasteiger partial charge in [0.1, 0.15) is 0 Å². The zero-order valence-electron chi connectivity index (χ0n) is 38.7. The molecule has 0 amide bonds. The standard InChI is InChI=1S/C64H54N2/c1-43-15-29-49(30-16-43)65(53-37-39-57-55-11-7-9-13-59(55)63(3,4)61(57)41-53)51-33-23-46(24-34-51)20-19-45-21-25-47(26-22-45)48-27-35-52(36-28-48)66(50-31-17-44(2)18-32-50)54-38-40-58-56-12-8-10-14-60(56)64(5,6)62(58)42-54/h7-42H,1-6H3. The van der Waals surface area contributed by atoms with Crippen LogP contribution in [0.2, 0.25) is 0 Å². The Bertz CT molecular complexity index is 3280. The highest BCUT2D eigenvalue weighted by atomic mass is 15.1. The molecule has 2 aliphatic rings. The number of hydrogen-bond donors (Lipinski definition) is 0. The van der Waals surface area contributed by atoms with Crippen molar-refractivity contribution in [3.05, 3.63) is 251 Å². The van der Waals surface area contributed by atoms with Crippen molar-refractivity contribution < 1.29 is 0 Å². The van der Waals surface area contributed by atoms with E-state index in [9.17, 15) is 0 Å². The topological polar surface area (TPSA) is 6.48 Å². The van der Waals surface area contributed by atoms with Crippen molar-refractivity contribution in [1.82, 2.24) is 0 Å². The van der Waals surface area contributed by atoms with Gasteiger partial charge in [0.25, 0.3) is 0 Å². The first-order valence-corrected chi connectivity index (χ1v) is 23.2. The van der Waals surface area contributed by atoms with Crippen molar-refractivity contribution >= 4 is 46.3 Å². The molecule has 9 aromatic carbocycles. The molecule has 2 heteroatoms. The van der Waals surface area contributed by atoms with Crippen LogP contribution < -0.4 is 9.80 Å². The number of aryl methyl sites for hydroxylation is 2. The van der Waals surface area contributed by atoms with Crippen LogP contribution in [0.25, 0.3) is 45.5 Å². The van der Waals surface area contributed by atoms with Crippen LogP contribution in [-0.2, 0) is 10.8 Å². The van der Waals surface area contributed by atoms with E-state index in [0.29, 0.717) is 0 Å². The van der Waals surface area contributed by atoms with Gasteiger partial charge in [-0.3, -0.25) is 0 Å². The third-order valence-electron chi connectivity index (χ3n) is 14.2. The third kappa shape index (κ3) is 7.14. The maximum Gasteiger partial charge on any atom is 0.0465 e. The summed E-state index contributed by atoms with van der Waals surface area (Å²) < 4.78 is 0. The van der Waals surface area contributed by atoms with Crippen LogP contribution in [-0.4, -0.2) is 0 Å². The average molecular weight is 851 g/mol. The summed E-state index contributed by atoms with van der Waals surface area (Å²) in [6, 6.07) is 76.2. The lowest BCUT2D eigenvalue weighted by Gasteiger charge is -2.28. The van der Waals surface area contributed by atoms with Crippen LogP contribution in [0.1, 0.15) is 72.2 Å².